The predicted molar refractivity (Wildman–Crippen MR) is 133 cm³/mol. The van der Waals surface area contributed by atoms with Crippen molar-refractivity contribution < 1.29 is 20.5 Å². The molecule has 2 N–H and O–H groups in total. The maximum atomic E-state index is 12.6. The second kappa shape index (κ2) is 14.9. The van der Waals surface area contributed by atoms with E-state index >= 15 is 0 Å². The standard InChI is InChI=1S/C26H50N2O4.H2/c1-17(2)13-23(27-19(5)6)25(29)31-15-21-9-11-22(12-10-21)16-32-26(30)24(14-18(3)4)28-20(7)8;/h17-24,27-28H,9-16H2,1-8H3;1H. The summed E-state index contributed by atoms with van der Waals surface area (Å²) in [5.41, 5.74) is 0. The van der Waals surface area contributed by atoms with E-state index in [2.05, 4.69) is 66.0 Å². The Morgan fingerprint density at radius 1 is 0.688 bits per heavy atom. The molecule has 6 nitrogen and oxygen atoms in total. The van der Waals surface area contributed by atoms with E-state index in [0.717, 1.165) is 38.5 Å². The third-order valence-corrected chi connectivity index (χ3v) is 5.94. The van der Waals surface area contributed by atoms with E-state index in [9.17, 15) is 9.59 Å². The molecule has 2 atom stereocenters. The van der Waals surface area contributed by atoms with Crippen molar-refractivity contribution in [3.05, 3.63) is 0 Å². The molecule has 0 aromatic heterocycles. The zero-order valence-electron chi connectivity index (χ0n) is 21.9. The molecule has 1 aliphatic carbocycles. The van der Waals surface area contributed by atoms with Gasteiger partial charge in [-0.3, -0.25) is 9.59 Å². The lowest BCUT2D eigenvalue weighted by Gasteiger charge is -2.29. The molecule has 1 fully saturated rings. The summed E-state index contributed by atoms with van der Waals surface area (Å²) in [7, 11) is 0. The van der Waals surface area contributed by atoms with E-state index in [1.165, 1.54) is 0 Å². The third kappa shape index (κ3) is 12.2. The van der Waals surface area contributed by atoms with Gasteiger partial charge in [-0.05, 0) is 62.2 Å². The first-order chi connectivity index (χ1) is 15.0. The van der Waals surface area contributed by atoms with Gasteiger partial charge in [-0.25, -0.2) is 0 Å². The van der Waals surface area contributed by atoms with E-state index in [1.807, 2.05) is 0 Å². The van der Waals surface area contributed by atoms with E-state index in [0.29, 0.717) is 36.9 Å². The van der Waals surface area contributed by atoms with Crippen molar-refractivity contribution in [1.29, 1.82) is 0 Å². The van der Waals surface area contributed by atoms with Gasteiger partial charge in [-0.15, -0.1) is 0 Å². The van der Waals surface area contributed by atoms with Gasteiger partial charge in [0.2, 0.25) is 0 Å². The Kier molecular flexibility index (Phi) is 13.4. The van der Waals surface area contributed by atoms with Crippen molar-refractivity contribution in [2.24, 2.45) is 23.7 Å². The summed E-state index contributed by atoms with van der Waals surface area (Å²) < 4.78 is 11.4. The molecule has 1 rings (SSSR count). The highest BCUT2D eigenvalue weighted by Gasteiger charge is 2.28. The number of hydrogen-bond acceptors (Lipinski definition) is 6. The number of hydrogen-bond donors (Lipinski definition) is 2. The van der Waals surface area contributed by atoms with Crippen LogP contribution in [-0.4, -0.2) is 49.3 Å². The van der Waals surface area contributed by atoms with Crippen LogP contribution in [-0.2, 0) is 19.1 Å². The van der Waals surface area contributed by atoms with Crippen molar-refractivity contribution in [1.82, 2.24) is 10.6 Å². The molecule has 0 saturated heterocycles. The van der Waals surface area contributed by atoms with Crippen LogP contribution < -0.4 is 10.6 Å². The quantitative estimate of drug-likeness (QED) is 0.360. The van der Waals surface area contributed by atoms with E-state index < -0.39 is 0 Å². The molecule has 0 amide bonds. The number of carbonyl (C=O) groups is 2. The van der Waals surface area contributed by atoms with Gasteiger partial charge in [0, 0.05) is 13.5 Å². The fourth-order valence-electron chi connectivity index (χ4n) is 4.38. The smallest absolute Gasteiger partial charge is 0.323 e. The lowest BCUT2D eigenvalue weighted by atomic mass is 9.83. The summed E-state index contributed by atoms with van der Waals surface area (Å²) in [5.74, 6) is 1.43. The van der Waals surface area contributed by atoms with Crippen molar-refractivity contribution >= 4 is 11.9 Å². The van der Waals surface area contributed by atoms with Gasteiger partial charge in [0.1, 0.15) is 12.1 Å². The fraction of sp³-hybridized carbons (Fsp3) is 0.923. The summed E-state index contributed by atoms with van der Waals surface area (Å²) in [6.45, 7) is 17.7. The maximum Gasteiger partial charge on any atom is 0.323 e. The molecule has 0 bridgehead atoms. The second-order valence-corrected chi connectivity index (χ2v) is 11.2. The molecule has 1 saturated carbocycles. The SMILES string of the molecule is CC(C)CC(NC(C)C)C(=O)OCC1CCC(COC(=O)C(CC(C)C)NC(C)C)CC1.[HH]. The Bertz CT molecular complexity index is 478. The average molecular weight is 457 g/mol. The van der Waals surface area contributed by atoms with Crippen molar-refractivity contribution in [2.75, 3.05) is 13.2 Å². The molecule has 2 unspecified atom stereocenters. The Balaban J connectivity index is 0.0000102. The minimum absolute atomic E-state index is 0. The van der Waals surface area contributed by atoms with Crippen LogP contribution in [0, 0.1) is 23.7 Å². The molecule has 190 valence electrons. The van der Waals surface area contributed by atoms with Crippen LogP contribution in [0.25, 0.3) is 0 Å². The second-order valence-electron chi connectivity index (χ2n) is 11.2. The molecule has 0 radical (unpaired) electrons. The van der Waals surface area contributed by atoms with Gasteiger partial charge in [0.15, 0.2) is 0 Å². The molecule has 0 heterocycles. The summed E-state index contributed by atoms with van der Waals surface area (Å²) in [4.78, 5) is 25.1. The average Bonchev–Trinajstić information content (AvgIpc) is 2.68. The highest BCUT2D eigenvalue weighted by Crippen LogP contribution is 2.29. The molecule has 0 aromatic rings. The van der Waals surface area contributed by atoms with Gasteiger partial charge in [-0.2, -0.15) is 0 Å². The zero-order valence-corrected chi connectivity index (χ0v) is 21.9. The Hall–Kier alpha value is -1.14. The molecule has 1 aliphatic rings. The summed E-state index contributed by atoms with van der Waals surface area (Å²) in [5, 5.41) is 6.67. The summed E-state index contributed by atoms with van der Waals surface area (Å²) >= 11 is 0. The number of esters is 2. The van der Waals surface area contributed by atoms with Crippen LogP contribution in [0.4, 0.5) is 0 Å². The Morgan fingerprint density at radius 3 is 1.25 bits per heavy atom. The van der Waals surface area contributed by atoms with Crippen molar-refractivity contribution in [3.63, 3.8) is 0 Å². The number of carbonyl (C=O) groups excluding carboxylic acids is 2. The fourth-order valence-corrected chi connectivity index (χ4v) is 4.38. The van der Waals surface area contributed by atoms with Crippen LogP contribution in [0.5, 0.6) is 0 Å². The molecule has 0 spiro atoms. The first-order valence-corrected chi connectivity index (χ1v) is 12.8. The number of nitrogens with one attached hydrogen (secondary N) is 2. The zero-order chi connectivity index (χ0) is 24.3. The first-order valence-electron chi connectivity index (χ1n) is 12.8. The molecule has 0 aliphatic heterocycles. The van der Waals surface area contributed by atoms with Crippen molar-refractivity contribution in [2.45, 2.75) is 118 Å². The molecule has 32 heavy (non-hydrogen) atoms. The Morgan fingerprint density at radius 2 is 1.00 bits per heavy atom. The monoisotopic (exact) mass is 456 g/mol. The topological polar surface area (TPSA) is 76.7 Å². The lowest BCUT2D eigenvalue weighted by molar-refractivity contribution is -0.150. The maximum absolute atomic E-state index is 12.6. The molecule has 6 heteroatoms. The number of rotatable bonds is 14. The normalized spacial score (nSPS) is 21.2. The predicted octanol–water partition coefficient (Wildman–Crippen LogP) is 4.95. The number of ether oxygens (including phenoxy) is 2. The lowest BCUT2D eigenvalue weighted by Crippen LogP contribution is -2.43. The minimum Gasteiger partial charge on any atom is -0.464 e. The van der Waals surface area contributed by atoms with Crippen LogP contribution >= 0.6 is 0 Å². The van der Waals surface area contributed by atoms with Crippen molar-refractivity contribution in [3.8, 4) is 0 Å². The Labute approximate surface area is 198 Å². The highest BCUT2D eigenvalue weighted by molar-refractivity contribution is 5.76. The van der Waals surface area contributed by atoms with Gasteiger partial charge in [0.25, 0.3) is 0 Å². The van der Waals surface area contributed by atoms with Gasteiger partial charge in [0.05, 0.1) is 13.2 Å². The molecular formula is C26H52N2O4. The van der Waals surface area contributed by atoms with E-state index in [4.69, 9.17) is 9.47 Å². The van der Waals surface area contributed by atoms with Crippen LogP contribution in [0.3, 0.4) is 0 Å². The minimum atomic E-state index is -0.232. The summed E-state index contributed by atoms with van der Waals surface area (Å²) in [6.07, 6.45) is 5.64. The van der Waals surface area contributed by atoms with Gasteiger partial charge >= 0.3 is 11.9 Å². The van der Waals surface area contributed by atoms with E-state index in [-0.39, 0.29) is 37.5 Å². The highest BCUT2D eigenvalue weighted by atomic mass is 16.5. The van der Waals surface area contributed by atoms with Crippen LogP contribution in [0.15, 0.2) is 0 Å². The van der Waals surface area contributed by atoms with E-state index in [1.54, 1.807) is 0 Å². The van der Waals surface area contributed by atoms with Crippen LogP contribution in [0.1, 0.15) is 95.3 Å². The largest absolute Gasteiger partial charge is 0.464 e. The van der Waals surface area contributed by atoms with Crippen LogP contribution in [0.2, 0.25) is 0 Å². The van der Waals surface area contributed by atoms with Gasteiger partial charge in [-0.1, -0.05) is 55.4 Å². The van der Waals surface area contributed by atoms with Gasteiger partial charge < -0.3 is 20.1 Å². The molecule has 0 aromatic carbocycles. The summed E-state index contributed by atoms with van der Waals surface area (Å²) in [6, 6.07) is 0.0358. The first kappa shape index (κ1) is 28.9. The third-order valence-electron chi connectivity index (χ3n) is 5.94. The molecular weight excluding hydrogens is 404 g/mol.